The number of nitrogens with zero attached hydrogens (tertiary/aromatic N) is 1. The Morgan fingerprint density at radius 2 is 1.75 bits per heavy atom. The summed E-state index contributed by atoms with van der Waals surface area (Å²) in [5, 5.41) is 6.19. The average Bonchev–Trinajstić information content (AvgIpc) is 2.65. The van der Waals surface area contributed by atoms with E-state index in [2.05, 4.69) is 15.6 Å². The molecule has 2 amide bonds. The lowest BCUT2D eigenvalue weighted by Crippen LogP contribution is -2.49. The summed E-state index contributed by atoms with van der Waals surface area (Å²) in [5.74, 6) is -0.0984. The van der Waals surface area contributed by atoms with Gasteiger partial charge in [0.2, 0.25) is 11.8 Å². The molecular weight excluding hydrogens is 378 g/mol. The second-order valence-electron chi connectivity index (χ2n) is 7.09. The number of ether oxygens (including phenoxy) is 1. The van der Waals surface area contributed by atoms with Gasteiger partial charge in [-0.25, -0.2) is 4.98 Å². The van der Waals surface area contributed by atoms with Crippen LogP contribution in [0.3, 0.4) is 0 Å². The first kappa shape index (κ1) is 21.7. The van der Waals surface area contributed by atoms with Crippen molar-refractivity contribution in [2.45, 2.75) is 46.4 Å². The maximum absolute atomic E-state index is 12.6. The molecule has 1 heterocycles. The molecule has 0 aliphatic heterocycles. The highest BCUT2D eigenvalue weighted by Crippen LogP contribution is 2.12. The molecule has 6 nitrogen and oxygen atoms in total. The Bertz CT molecular complexity index is 790. The summed E-state index contributed by atoms with van der Waals surface area (Å²) >= 11 is 5.85. The van der Waals surface area contributed by atoms with Crippen molar-refractivity contribution in [3.63, 3.8) is 0 Å². The van der Waals surface area contributed by atoms with E-state index in [1.54, 1.807) is 36.5 Å². The number of pyridine rings is 1. The molecule has 1 unspecified atom stereocenters. The molecule has 7 heteroatoms. The monoisotopic (exact) mass is 403 g/mol. The van der Waals surface area contributed by atoms with Crippen molar-refractivity contribution in [3.8, 4) is 5.88 Å². The quantitative estimate of drug-likeness (QED) is 0.705. The highest BCUT2D eigenvalue weighted by Gasteiger charge is 2.24. The molecule has 0 bridgehead atoms. The van der Waals surface area contributed by atoms with Crippen LogP contribution in [0.15, 0.2) is 42.6 Å². The predicted octanol–water partition coefficient (Wildman–Crippen LogP) is 3.59. The van der Waals surface area contributed by atoms with Gasteiger partial charge in [-0.05, 0) is 49.6 Å². The number of hydrogen-bond acceptors (Lipinski definition) is 4. The molecular formula is C21H26ClN3O3. The number of hydrogen-bond donors (Lipinski definition) is 2. The lowest BCUT2D eigenvalue weighted by Gasteiger charge is -2.22. The smallest absolute Gasteiger partial charge is 0.251 e. The van der Waals surface area contributed by atoms with Gasteiger partial charge in [-0.3, -0.25) is 9.59 Å². The molecule has 1 aromatic heterocycles. The van der Waals surface area contributed by atoms with Gasteiger partial charge in [0.15, 0.2) is 0 Å². The minimum atomic E-state index is -0.653. The molecule has 0 aliphatic carbocycles. The van der Waals surface area contributed by atoms with Gasteiger partial charge in [-0.1, -0.05) is 31.5 Å². The van der Waals surface area contributed by atoms with Crippen molar-refractivity contribution in [1.82, 2.24) is 15.6 Å². The predicted molar refractivity (Wildman–Crippen MR) is 109 cm³/mol. The van der Waals surface area contributed by atoms with E-state index in [0.717, 1.165) is 5.56 Å². The lowest BCUT2D eigenvalue weighted by atomic mass is 10.0. The van der Waals surface area contributed by atoms with Crippen LogP contribution in [0, 0.1) is 5.92 Å². The molecule has 2 rings (SSSR count). The van der Waals surface area contributed by atoms with E-state index in [0.29, 0.717) is 23.0 Å². The molecule has 1 aromatic carbocycles. The molecule has 0 saturated carbocycles. The van der Waals surface area contributed by atoms with Crippen molar-refractivity contribution in [1.29, 1.82) is 0 Å². The molecule has 2 N–H and O–H groups in total. The van der Waals surface area contributed by atoms with E-state index in [9.17, 15) is 9.59 Å². The van der Waals surface area contributed by atoms with Crippen LogP contribution in [0.2, 0.25) is 5.02 Å². The van der Waals surface area contributed by atoms with Crippen LogP contribution in [0.5, 0.6) is 5.88 Å². The van der Waals surface area contributed by atoms with E-state index in [-0.39, 0.29) is 23.8 Å². The second kappa shape index (κ2) is 10.1. The van der Waals surface area contributed by atoms with E-state index in [1.807, 2.05) is 33.8 Å². The van der Waals surface area contributed by atoms with E-state index in [1.165, 1.54) is 0 Å². The van der Waals surface area contributed by atoms with Crippen LogP contribution in [0.1, 0.15) is 43.6 Å². The molecule has 0 saturated heterocycles. The number of carbonyl (C=O) groups is 2. The first-order valence-corrected chi connectivity index (χ1v) is 9.59. The third kappa shape index (κ3) is 6.53. The molecule has 0 radical (unpaired) electrons. The maximum Gasteiger partial charge on any atom is 0.251 e. The largest absolute Gasteiger partial charge is 0.475 e. The summed E-state index contributed by atoms with van der Waals surface area (Å²) in [6, 6.07) is 9.49. The van der Waals surface area contributed by atoms with Crippen LogP contribution in [-0.2, 0) is 11.3 Å². The first-order chi connectivity index (χ1) is 13.3. The van der Waals surface area contributed by atoms with Gasteiger partial charge in [-0.15, -0.1) is 0 Å². The fraction of sp³-hybridized carbons (Fsp3) is 0.381. The van der Waals surface area contributed by atoms with Crippen molar-refractivity contribution in [2.75, 3.05) is 0 Å². The van der Waals surface area contributed by atoms with Gasteiger partial charge < -0.3 is 15.4 Å². The van der Waals surface area contributed by atoms with Gasteiger partial charge >= 0.3 is 0 Å². The van der Waals surface area contributed by atoms with Gasteiger partial charge in [0.05, 0.1) is 6.10 Å². The number of carbonyl (C=O) groups excluding carboxylic acids is 2. The molecule has 28 heavy (non-hydrogen) atoms. The zero-order chi connectivity index (χ0) is 20.7. The average molecular weight is 404 g/mol. The summed E-state index contributed by atoms with van der Waals surface area (Å²) in [5.41, 5.74) is 1.30. The number of amides is 2. The zero-order valence-electron chi connectivity index (χ0n) is 16.5. The fourth-order valence-corrected chi connectivity index (χ4v) is 2.61. The van der Waals surface area contributed by atoms with Gasteiger partial charge in [0.25, 0.3) is 5.91 Å². The Morgan fingerprint density at radius 3 is 2.29 bits per heavy atom. The summed E-state index contributed by atoms with van der Waals surface area (Å²) in [4.78, 5) is 29.2. The molecule has 0 fully saturated rings. The maximum atomic E-state index is 12.6. The summed E-state index contributed by atoms with van der Waals surface area (Å²) in [6.45, 7) is 7.94. The van der Waals surface area contributed by atoms with Crippen LogP contribution in [0.25, 0.3) is 0 Å². The number of halogens is 1. The Kier molecular flexibility index (Phi) is 7.81. The summed E-state index contributed by atoms with van der Waals surface area (Å²) in [7, 11) is 0. The number of aromatic nitrogens is 1. The third-order valence-electron chi connectivity index (χ3n) is 3.96. The zero-order valence-corrected chi connectivity index (χ0v) is 17.3. The minimum absolute atomic E-state index is 0.0501. The third-order valence-corrected chi connectivity index (χ3v) is 4.21. The van der Waals surface area contributed by atoms with Crippen molar-refractivity contribution in [3.05, 3.63) is 58.7 Å². The Morgan fingerprint density at radius 1 is 1.07 bits per heavy atom. The van der Waals surface area contributed by atoms with Gasteiger partial charge in [-0.2, -0.15) is 0 Å². The highest BCUT2D eigenvalue weighted by atomic mass is 35.5. The van der Waals surface area contributed by atoms with E-state index in [4.69, 9.17) is 16.3 Å². The topological polar surface area (TPSA) is 80.3 Å². The minimum Gasteiger partial charge on any atom is -0.475 e. The molecule has 2 aromatic rings. The number of rotatable bonds is 8. The summed E-state index contributed by atoms with van der Waals surface area (Å²) < 4.78 is 5.50. The Hall–Kier alpha value is -2.60. The van der Waals surface area contributed by atoms with Gasteiger partial charge in [0.1, 0.15) is 6.04 Å². The normalized spacial score (nSPS) is 12.0. The summed E-state index contributed by atoms with van der Waals surface area (Å²) in [6.07, 6.45) is 1.71. The number of nitrogens with one attached hydrogen (secondary N) is 2. The molecule has 1 atom stereocenters. The van der Waals surface area contributed by atoms with Gasteiger partial charge in [0, 0.05) is 29.4 Å². The van der Waals surface area contributed by atoms with Crippen LogP contribution < -0.4 is 15.4 Å². The molecule has 150 valence electrons. The van der Waals surface area contributed by atoms with Crippen molar-refractivity contribution in [2.24, 2.45) is 5.92 Å². The molecule has 0 spiro atoms. The highest BCUT2D eigenvalue weighted by molar-refractivity contribution is 6.30. The lowest BCUT2D eigenvalue weighted by molar-refractivity contribution is -0.124. The Balaban J connectivity index is 1.95. The van der Waals surface area contributed by atoms with Crippen LogP contribution in [0.4, 0.5) is 0 Å². The van der Waals surface area contributed by atoms with Crippen molar-refractivity contribution < 1.29 is 14.3 Å². The first-order valence-electron chi connectivity index (χ1n) is 9.22. The molecule has 0 aliphatic rings. The van der Waals surface area contributed by atoms with Crippen LogP contribution >= 0.6 is 11.6 Å². The fourth-order valence-electron chi connectivity index (χ4n) is 2.49. The van der Waals surface area contributed by atoms with Crippen molar-refractivity contribution >= 4 is 23.4 Å². The standard InChI is InChI=1S/C21H26ClN3O3/c1-13(2)19(25-20(26)16-6-8-17(22)9-7-16)21(27)24-12-15-5-10-18(23-11-15)28-14(3)4/h5-11,13-14,19H,12H2,1-4H3,(H,24,27)(H,25,26). The van der Waals surface area contributed by atoms with E-state index >= 15 is 0 Å². The number of benzene rings is 1. The Labute approximate surface area is 170 Å². The second-order valence-corrected chi connectivity index (χ2v) is 7.53. The SMILES string of the molecule is CC(C)Oc1ccc(CNC(=O)C(NC(=O)c2ccc(Cl)cc2)C(C)C)cn1. The van der Waals surface area contributed by atoms with Crippen LogP contribution in [-0.4, -0.2) is 28.9 Å². The van der Waals surface area contributed by atoms with E-state index < -0.39 is 6.04 Å².